The van der Waals surface area contributed by atoms with Crippen LogP contribution >= 0.6 is 0 Å². The molecule has 0 heterocycles. The maximum Gasteiger partial charge on any atom is 0.0540 e. The van der Waals surface area contributed by atoms with Crippen LogP contribution < -0.4 is 9.80 Å². The van der Waals surface area contributed by atoms with Gasteiger partial charge in [0.2, 0.25) is 0 Å². The summed E-state index contributed by atoms with van der Waals surface area (Å²) in [5.74, 6) is 0. The van der Waals surface area contributed by atoms with Crippen LogP contribution in [-0.2, 0) is 0 Å². The van der Waals surface area contributed by atoms with Crippen LogP contribution in [0.15, 0.2) is 267 Å². The smallest absolute Gasteiger partial charge is 0.0540 e. The largest absolute Gasteiger partial charge is 0.310 e. The zero-order chi connectivity index (χ0) is 45.0. The van der Waals surface area contributed by atoms with Crippen LogP contribution in [0.5, 0.6) is 0 Å². The van der Waals surface area contributed by atoms with Crippen molar-refractivity contribution in [1.82, 2.24) is 0 Å². The van der Waals surface area contributed by atoms with Crippen LogP contribution in [0.25, 0.3) is 86.9 Å². The number of benzene rings is 13. The van der Waals surface area contributed by atoms with Gasteiger partial charge in [-0.15, -0.1) is 0 Å². The number of hydrogen-bond donors (Lipinski definition) is 0. The maximum atomic E-state index is 2.44. The predicted octanol–water partition coefficient (Wildman–Crippen LogP) is 18.9. The van der Waals surface area contributed by atoms with E-state index in [1.54, 1.807) is 0 Å². The topological polar surface area (TPSA) is 6.48 Å². The first kappa shape index (κ1) is 39.4. The fourth-order valence-electron chi connectivity index (χ4n) is 10.6. The Balaban J connectivity index is 1.16. The minimum Gasteiger partial charge on any atom is -0.310 e. The third-order valence-electron chi connectivity index (χ3n) is 13.7. The molecule has 13 rings (SSSR count). The Bertz CT molecular complexity index is 3770. The van der Waals surface area contributed by atoms with Gasteiger partial charge in [0.1, 0.15) is 0 Å². The lowest BCUT2D eigenvalue weighted by Gasteiger charge is -2.29. The molecule has 2 heteroatoms. The van der Waals surface area contributed by atoms with E-state index in [9.17, 15) is 0 Å². The van der Waals surface area contributed by atoms with Crippen molar-refractivity contribution in [2.24, 2.45) is 0 Å². The number of para-hydroxylation sites is 2. The Hall–Kier alpha value is -8.98. The van der Waals surface area contributed by atoms with E-state index < -0.39 is 0 Å². The van der Waals surface area contributed by atoms with Gasteiger partial charge in [0.15, 0.2) is 0 Å². The molecule has 0 N–H and O–H groups in total. The highest BCUT2D eigenvalue weighted by Gasteiger charge is 2.23. The minimum atomic E-state index is 1.09. The molecule has 13 aromatic rings. The summed E-state index contributed by atoms with van der Waals surface area (Å²) in [5, 5.41) is 14.5. The summed E-state index contributed by atoms with van der Waals surface area (Å²) in [5.41, 5.74) is 11.4. The molecule has 318 valence electrons. The van der Waals surface area contributed by atoms with Gasteiger partial charge in [-0.05, 0) is 149 Å². The fourth-order valence-corrected chi connectivity index (χ4v) is 10.6. The molecule has 13 aromatic carbocycles. The highest BCUT2D eigenvalue weighted by atomic mass is 15.1. The molecule has 0 aliphatic carbocycles. The van der Waals surface area contributed by atoms with Crippen molar-refractivity contribution in [1.29, 1.82) is 0 Å². The average molecular weight is 865 g/mol. The first-order valence-electron chi connectivity index (χ1n) is 23.4. The van der Waals surface area contributed by atoms with E-state index >= 15 is 0 Å². The van der Waals surface area contributed by atoms with Gasteiger partial charge in [0.25, 0.3) is 0 Å². The van der Waals surface area contributed by atoms with Crippen LogP contribution in [-0.4, -0.2) is 0 Å². The standard InChI is InChI=1S/C66H44N2/c1-3-25-53(26-4-1)67(63-31-15-23-47-19-11-13-29-57(47)63)55-37-39-59-61(43-55)65(51-35-33-45-17-7-9-21-49(45)41-51)60-40-38-56(44-62(60)66(59)52-36-34-46-18-8-10-22-50(46)42-52)68(54-27-5-2-6-28-54)64-32-16-24-48-20-12-14-30-58(48)64/h1-44H. The highest BCUT2D eigenvalue weighted by molar-refractivity contribution is 6.23. The Morgan fingerprint density at radius 2 is 0.559 bits per heavy atom. The minimum absolute atomic E-state index is 1.09. The lowest BCUT2D eigenvalue weighted by molar-refractivity contribution is 1.30. The Kier molecular flexibility index (Phi) is 9.54. The second kappa shape index (κ2) is 16.5. The number of nitrogens with zero attached hydrogens (tertiary/aromatic N) is 2. The van der Waals surface area contributed by atoms with E-state index in [1.165, 1.54) is 86.9 Å². The molecule has 0 atom stereocenters. The molecule has 0 aliphatic heterocycles. The molecular formula is C66H44N2. The van der Waals surface area contributed by atoms with Crippen LogP contribution in [0.2, 0.25) is 0 Å². The molecule has 0 amide bonds. The maximum absolute atomic E-state index is 2.44. The van der Waals surface area contributed by atoms with Crippen molar-refractivity contribution in [2.75, 3.05) is 9.80 Å². The highest BCUT2D eigenvalue weighted by Crippen LogP contribution is 2.50. The zero-order valence-corrected chi connectivity index (χ0v) is 37.3. The van der Waals surface area contributed by atoms with Crippen molar-refractivity contribution >= 4 is 98.8 Å². The van der Waals surface area contributed by atoms with Gasteiger partial charge >= 0.3 is 0 Å². The summed E-state index contributed by atoms with van der Waals surface area (Å²) in [6.07, 6.45) is 0. The van der Waals surface area contributed by atoms with E-state index in [0.717, 1.165) is 34.1 Å². The van der Waals surface area contributed by atoms with Gasteiger partial charge in [-0.2, -0.15) is 0 Å². The second-order valence-corrected chi connectivity index (χ2v) is 17.7. The number of hydrogen-bond acceptors (Lipinski definition) is 2. The SMILES string of the molecule is c1ccc(N(c2ccc3c(-c4ccc5ccccc5c4)c4cc(N(c5ccccc5)c5cccc6ccccc56)ccc4c(-c4ccc5ccccc5c4)c3c2)c2cccc3ccccc23)cc1. The monoisotopic (exact) mass is 864 g/mol. The summed E-state index contributed by atoms with van der Waals surface area (Å²) in [7, 11) is 0. The number of fused-ring (bicyclic) bond motifs is 6. The van der Waals surface area contributed by atoms with Gasteiger partial charge in [-0.25, -0.2) is 0 Å². The van der Waals surface area contributed by atoms with Gasteiger partial charge in [-0.1, -0.05) is 194 Å². The molecule has 0 fully saturated rings. The van der Waals surface area contributed by atoms with Crippen LogP contribution in [0.4, 0.5) is 34.1 Å². The quantitative estimate of drug-likeness (QED) is 0.140. The second-order valence-electron chi connectivity index (χ2n) is 17.7. The third kappa shape index (κ3) is 6.73. The molecule has 0 unspecified atom stereocenters. The van der Waals surface area contributed by atoms with Crippen molar-refractivity contribution in [2.45, 2.75) is 0 Å². The van der Waals surface area contributed by atoms with E-state index in [4.69, 9.17) is 0 Å². The third-order valence-corrected chi connectivity index (χ3v) is 13.7. The lowest BCUT2D eigenvalue weighted by Crippen LogP contribution is -2.11. The Morgan fingerprint density at radius 1 is 0.191 bits per heavy atom. The molecular weight excluding hydrogens is 821 g/mol. The van der Waals surface area contributed by atoms with Crippen LogP contribution in [0, 0.1) is 0 Å². The predicted molar refractivity (Wildman–Crippen MR) is 292 cm³/mol. The molecule has 0 saturated carbocycles. The molecule has 0 spiro atoms. The zero-order valence-electron chi connectivity index (χ0n) is 37.3. The first-order valence-corrected chi connectivity index (χ1v) is 23.4. The van der Waals surface area contributed by atoms with Crippen LogP contribution in [0.3, 0.4) is 0 Å². The van der Waals surface area contributed by atoms with Crippen molar-refractivity contribution in [3.05, 3.63) is 267 Å². The summed E-state index contributed by atoms with van der Waals surface area (Å²) in [6, 6.07) is 97.9. The molecule has 68 heavy (non-hydrogen) atoms. The summed E-state index contributed by atoms with van der Waals surface area (Å²) >= 11 is 0. The Labute approximate surface area is 395 Å². The molecule has 0 aliphatic rings. The molecule has 0 aromatic heterocycles. The first-order chi connectivity index (χ1) is 33.7. The normalized spacial score (nSPS) is 11.5. The van der Waals surface area contributed by atoms with Crippen molar-refractivity contribution in [3.8, 4) is 22.3 Å². The lowest BCUT2D eigenvalue weighted by atomic mass is 9.84. The summed E-state index contributed by atoms with van der Waals surface area (Å²) < 4.78 is 0. The molecule has 0 bridgehead atoms. The molecule has 0 radical (unpaired) electrons. The average Bonchev–Trinajstić information content (AvgIpc) is 3.41. The van der Waals surface area contributed by atoms with Gasteiger partial charge in [0, 0.05) is 33.5 Å². The van der Waals surface area contributed by atoms with Crippen molar-refractivity contribution < 1.29 is 0 Å². The van der Waals surface area contributed by atoms with Gasteiger partial charge < -0.3 is 9.80 Å². The van der Waals surface area contributed by atoms with E-state index in [2.05, 4.69) is 277 Å². The van der Waals surface area contributed by atoms with E-state index in [0.29, 0.717) is 0 Å². The van der Waals surface area contributed by atoms with Gasteiger partial charge in [-0.3, -0.25) is 0 Å². The number of rotatable bonds is 8. The van der Waals surface area contributed by atoms with E-state index in [1.807, 2.05) is 0 Å². The summed E-state index contributed by atoms with van der Waals surface area (Å²) in [6.45, 7) is 0. The Morgan fingerprint density at radius 3 is 1.00 bits per heavy atom. The fraction of sp³-hybridized carbons (Fsp3) is 0. The van der Waals surface area contributed by atoms with Crippen molar-refractivity contribution in [3.63, 3.8) is 0 Å². The van der Waals surface area contributed by atoms with Gasteiger partial charge in [0.05, 0.1) is 11.4 Å². The number of anilines is 6. The molecule has 2 nitrogen and oxygen atoms in total. The molecule has 0 saturated heterocycles. The summed E-state index contributed by atoms with van der Waals surface area (Å²) in [4.78, 5) is 4.85. The van der Waals surface area contributed by atoms with Crippen LogP contribution in [0.1, 0.15) is 0 Å². The van der Waals surface area contributed by atoms with E-state index in [-0.39, 0.29) is 0 Å².